The maximum Gasteiger partial charge on any atom is 0.245 e. The summed E-state index contributed by atoms with van der Waals surface area (Å²) in [4.78, 5) is 31.2. The third-order valence-electron chi connectivity index (χ3n) is 7.94. The molecule has 5 rings (SSSR count). The van der Waals surface area contributed by atoms with Crippen LogP contribution in [0, 0.1) is 0 Å². The topological polar surface area (TPSA) is 111 Å². The molecule has 3 N–H and O–H groups in total. The number of fused-ring (bicyclic) bond motifs is 1. The Bertz CT molecular complexity index is 1540. The molecule has 1 fully saturated rings. The number of rotatable bonds is 10. The number of halogens is 1. The minimum Gasteiger partial charge on any atom is -0.366 e. The fourth-order valence-corrected chi connectivity index (χ4v) is 6.95. The molecule has 43 heavy (non-hydrogen) atoms. The lowest BCUT2D eigenvalue weighted by molar-refractivity contribution is -0.137. The second kappa shape index (κ2) is 13.8. The lowest BCUT2D eigenvalue weighted by atomic mass is 9.95. The van der Waals surface area contributed by atoms with Crippen LogP contribution >= 0.6 is 11.6 Å². The molecule has 0 aliphatic carbocycles. The van der Waals surface area contributed by atoms with Crippen LogP contribution in [0.5, 0.6) is 0 Å². The number of anilines is 2. The molecule has 2 heterocycles. The van der Waals surface area contributed by atoms with E-state index in [1.165, 1.54) is 5.56 Å². The van der Waals surface area contributed by atoms with Crippen molar-refractivity contribution in [2.45, 2.75) is 44.8 Å². The Morgan fingerprint density at radius 3 is 2.35 bits per heavy atom. The molecule has 228 valence electrons. The molecule has 0 bridgehead atoms. The summed E-state index contributed by atoms with van der Waals surface area (Å²) < 4.78 is 27.6. The van der Waals surface area contributed by atoms with Crippen LogP contribution in [0.2, 0.25) is 5.02 Å². The highest BCUT2D eigenvalue weighted by molar-refractivity contribution is 7.92. The van der Waals surface area contributed by atoms with Gasteiger partial charge in [0.05, 0.1) is 23.2 Å². The van der Waals surface area contributed by atoms with E-state index in [1.54, 1.807) is 29.2 Å². The monoisotopic (exact) mass is 623 g/mol. The van der Waals surface area contributed by atoms with E-state index in [0.29, 0.717) is 62.7 Å². The minimum absolute atomic E-state index is 0.0488. The Morgan fingerprint density at radius 1 is 0.953 bits per heavy atom. The van der Waals surface area contributed by atoms with Gasteiger partial charge in [0, 0.05) is 44.2 Å². The van der Waals surface area contributed by atoms with Crippen molar-refractivity contribution < 1.29 is 18.0 Å². The molecule has 1 saturated heterocycles. The van der Waals surface area contributed by atoms with E-state index in [1.807, 2.05) is 49.4 Å². The van der Waals surface area contributed by atoms with Gasteiger partial charge in [-0.2, -0.15) is 0 Å². The van der Waals surface area contributed by atoms with Crippen LogP contribution in [0.1, 0.15) is 30.0 Å². The van der Waals surface area contributed by atoms with Gasteiger partial charge in [-0.3, -0.25) is 14.3 Å². The van der Waals surface area contributed by atoms with Gasteiger partial charge in [-0.25, -0.2) is 8.42 Å². The summed E-state index contributed by atoms with van der Waals surface area (Å²) in [5.41, 5.74) is 4.53. The number of hydrogen-bond acceptors (Lipinski definition) is 6. The SMILES string of the molecule is CCCS(=O)(=O)Nc1ccccc1N1CCN(C(=O)[C@@H](Cc2ccc(Cl)cc2)NC(=O)[C@@H]2Cc3ccccc3CN2)CC1. The zero-order valence-corrected chi connectivity index (χ0v) is 25.8. The Labute approximate surface area is 258 Å². The number of amides is 2. The quantitative estimate of drug-likeness (QED) is 0.318. The molecule has 11 heteroatoms. The van der Waals surface area contributed by atoms with Crippen LogP contribution in [0.3, 0.4) is 0 Å². The molecule has 2 atom stereocenters. The first-order chi connectivity index (χ1) is 20.7. The van der Waals surface area contributed by atoms with Crippen molar-refractivity contribution in [2.75, 3.05) is 41.6 Å². The number of para-hydroxylation sites is 2. The molecule has 2 aliphatic heterocycles. The first-order valence-electron chi connectivity index (χ1n) is 14.7. The highest BCUT2D eigenvalue weighted by Crippen LogP contribution is 2.28. The van der Waals surface area contributed by atoms with E-state index in [0.717, 1.165) is 16.8 Å². The van der Waals surface area contributed by atoms with Crippen LogP contribution in [0.15, 0.2) is 72.8 Å². The minimum atomic E-state index is -3.45. The smallest absolute Gasteiger partial charge is 0.245 e. The van der Waals surface area contributed by atoms with Crippen LogP contribution in [-0.2, 0) is 39.0 Å². The normalized spacial score (nSPS) is 17.6. The van der Waals surface area contributed by atoms with E-state index < -0.39 is 22.1 Å². The van der Waals surface area contributed by atoms with E-state index in [9.17, 15) is 18.0 Å². The lowest BCUT2D eigenvalue weighted by Gasteiger charge is -2.38. The summed E-state index contributed by atoms with van der Waals surface area (Å²) in [6.45, 7) is 4.37. The van der Waals surface area contributed by atoms with Gasteiger partial charge in [0.15, 0.2) is 0 Å². The fraction of sp³-hybridized carbons (Fsp3) is 0.375. The number of carbonyl (C=O) groups excluding carboxylic acids is 2. The molecule has 3 aromatic carbocycles. The highest BCUT2D eigenvalue weighted by atomic mass is 35.5. The number of sulfonamides is 1. The molecule has 0 saturated carbocycles. The van der Waals surface area contributed by atoms with Gasteiger partial charge in [-0.05, 0) is 53.8 Å². The van der Waals surface area contributed by atoms with Crippen molar-refractivity contribution in [1.82, 2.24) is 15.5 Å². The zero-order valence-electron chi connectivity index (χ0n) is 24.3. The molecule has 0 radical (unpaired) electrons. The standard InChI is InChI=1S/C32H38ClN5O4S/c1-2-19-43(41,42)36-27-9-5-6-10-30(27)37-15-17-38(18-16-37)32(40)29(20-23-11-13-26(33)14-12-23)35-31(39)28-21-24-7-3-4-8-25(24)22-34-28/h3-14,28-29,34,36H,2,15-22H2,1H3,(H,35,39)/t28-,29+/m0/s1. The maximum absolute atomic E-state index is 13.9. The Hall–Kier alpha value is -3.60. The highest BCUT2D eigenvalue weighted by Gasteiger charge is 2.32. The number of piperazine rings is 1. The van der Waals surface area contributed by atoms with E-state index in [4.69, 9.17) is 11.6 Å². The van der Waals surface area contributed by atoms with Crippen molar-refractivity contribution >= 4 is 44.8 Å². The first-order valence-corrected chi connectivity index (χ1v) is 16.7. The third-order valence-corrected chi connectivity index (χ3v) is 9.67. The van der Waals surface area contributed by atoms with Crippen LogP contribution < -0.4 is 20.3 Å². The maximum atomic E-state index is 13.9. The Morgan fingerprint density at radius 2 is 1.63 bits per heavy atom. The largest absolute Gasteiger partial charge is 0.366 e. The van der Waals surface area contributed by atoms with Crippen molar-refractivity contribution in [3.63, 3.8) is 0 Å². The number of nitrogens with one attached hydrogen (secondary N) is 3. The molecule has 3 aromatic rings. The summed E-state index contributed by atoms with van der Waals surface area (Å²) in [7, 11) is -3.45. The predicted molar refractivity (Wildman–Crippen MR) is 171 cm³/mol. The fourth-order valence-electron chi connectivity index (χ4n) is 5.68. The molecule has 0 aromatic heterocycles. The van der Waals surface area contributed by atoms with Gasteiger partial charge in [0.1, 0.15) is 6.04 Å². The summed E-state index contributed by atoms with van der Waals surface area (Å²) >= 11 is 6.09. The zero-order chi connectivity index (χ0) is 30.4. The van der Waals surface area contributed by atoms with Gasteiger partial charge in [-0.1, -0.05) is 67.1 Å². The lowest BCUT2D eigenvalue weighted by Crippen LogP contribution is -2.58. The summed E-state index contributed by atoms with van der Waals surface area (Å²) in [6.07, 6.45) is 1.42. The second-order valence-electron chi connectivity index (χ2n) is 11.0. The van der Waals surface area contributed by atoms with Crippen LogP contribution in [0.25, 0.3) is 0 Å². The van der Waals surface area contributed by atoms with Gasteiger partial charge >= 0.3 is 0 Å². The van der Waals surface area contributed by atoms with Crippen molar-refractivity contribution in [1.29, 1.82) is 0 Å². The molecule has 2 amide bonds. The number of benzene rings is 3. The number of carbonyl (C=O) groups is 2. The first kappa shape index (κ1) is 30.8. The van der Waals surface area contributed by atoms with Gasteiger partial charge in [-0.15, -0.1) is 0 Å². The summed E-state index contributed by atoms with van der Waals surface area (Å²) in [6, 6.07) is 21.5. The van der Waals surface area contributed by atoms with Crippen LogP contribution in [0.4, 0.5) is 11.4 Å². The predicted octanol–water partition coefficient (Wildman–Crippen LogP) is 3.58. The van der Waals surface area contributed by atoms with Gasteiger partial charge in [0.25, 0.3) is 0 Å². The molecule has 0 unspecified atom stereocenters. The van der Waals surface area contributed by atoms with Gasteiger partial charge < -0.3 is 20.4 Å². The van der Waals surface area contributed by atoms with E-state index in [2.05, 4.69) is 26.3 Å². The van der Waals surface area contributed by atoms with Crippen LogP contribution in [-0.4, -0.2) is 69.1 Å². The molecule has 2 aliphatic rings. The Kier molecular flexibility index (Phi) is 9.90. The second-order valence-corrected chi connectivity index (χ2v) is 13.3. The van der Waals surface area contributed by atoms with Crippen molar-refractivity contribution in [3.8, 4) is 0 Å². The molecular formula is C32H38ClN5O4S. The average Bonchev–Trinajstić information content (AvgIpc) is 3.01. The van der Waals surface area contributed by atoms with E-state index >= 15 is 0 Å². The number of nitrogens with zero attached hydrogens (tertiary/aromatic N) is 2. The summed E-state index contributed by atoms with van der Waals surface area (Å²) in [5.74, 6) is -0.294. The third kappa shape index (κ3) is 7.87. The van der Waals surface area contributed by atoms with Gasteiger partial charge in [0.2, 0.25) is 21.8 Å². The molecule has 9 nitrogen and oxygen atoms in total. The molecular weight excluding hydrogens is 586 g/mol. The molecule has 0 spiro atoms. The summed E-state index contributed by atoms with van der Waals surface area (Å²) in [5, 5.41) is 6.97. The van der Waals surface area contributed by atoms with Crippen molar-refractivity contribution in [3.05, 3.63) is 94.5 Å². The number of hydrogen-bond donors (Lipinski definition) is 3. The average molecular weight is 624 g/mol. The van der Waals surface area contributed by atoms with E-state index in [-0.39, 0.29) is 17.6 Å². The van der Waals surface area contributed by atoms with Crippen molar-refractivity contribution in [2.24, 2.45) is 0 Å². The Balaban J connectivity index is 1.27.